The lowest BCUT2D eigenvalue weighted by atomic mass is 9.97. The number of anilines is 1. The molecule has 0 aliphatic carbocycles. The number of thiophene rings is 1. The zero-order valence-electron chi connectivity index (χ0n) is 19.3. The molecule has 0 saturated carbocycles. The topological polar surface area (TPSA) is 124 Å². The first-order chi connectivity index (χ1) is 17.6. The number of thioether (sulfide) groups is 1. The highest BCUT2D eigenvalue weighted by molar-refractivity contribution is 8.18. The van der Waals surface area contributed by atoms with Gasteiger partial charge in [0.05, 0.1) is 21.9 Å². The normalized spacial score (nSPS) is 17.4. The lowest BCUT2D eigenvalue weighted by Gasteiger charge is -2.32. The molecule has 0 atom stereocenters. The van der Waals surface area contributed by atoms with Crippen molar-refractivity contribution in [3.05, 3.63) is 63.1 Å². The Labute approximate surface area is 216 Å². The van der Waals surface area contributed by atoms with Crippen molar-refractivity contribution >= 4 is 46.3 Å². The van der Waals surface area contributed by atoms with E-state index in [1.54, 1.807) is 29.7 Å². The Morgan fingerprint density at radius 1 is 1.25 bits per heavy atom. The van der Waals surface area contributed by atoms with Gasteiger partial charge in [-0.05, 0) is 72.3 Å². The van der Waals surface area contributed by atoms with Gasteiger partial charge in [-0.15, -0.1) is 0 Å². The van der Waals surface area contributed by atoms with Crippen LogP contribution in [-0.4, -0.2) is 45.7 Å². The first-order valence-corrected chi connectivity index (χ1v) is 13.3. The third-order valence-electron chi connectivity index (χ3n) is 6.10. The summed E-state index contributed by atoms with van der Waals surface area (Å²) in [6.07, 6.45) is 7.15. The van der Waals surface area contributed by atoms with Crippen LogP contribution in [0.25, 0.3) is 17.3 Å². The molecule has 2 aliphatic rings. The number of nitriles is 1. The zero-order chi connectivity index (χ0) is 24.9. The number of imide groups is 1. The summed E-state index contributed by atoms with van der Waals surface area (Å²) >= 11 is 2.47. The highest BCUT2D eigenvalue weighted by Crippen LogP contribution is 2.26. The van der Waals surface area contributed by atoms with Crippen molar-refractivity contribution in [1.82, 2.24) is 25.6 Å². The van der Waals surface area contributed by atoms with Gasteiger partial charge in [0.2, 0.25) is 5.95 Å². The van der Waals surface area contributed by atoms with Crippen LogP contribution < -0.4 is 15.5 Å². The number of pyridine rings is 1. The van der Waals surface area contributed by atoms with E-state index in [2.05, 4.69) is 36.6 Å². The molecule has 0 aromatic carbocycles. The van der Waals surface area contributed by atoms with E-state index in [4.69, 9.17) is 0 Å². The molecule has 3 aromatic rings. The summed E-state index contributed by atoms with van der Waals surface area (Å²) in [6, 6.07) is 7.89. The van der Waals surface area contributed by atoms with Crippen molar-refractivity contribution in [2.75, 3.05) is 24.5 Å². The van der Waals surface area contributed by atoms with Crippen LogP contribution in [0.4, 0.5) is 10.7 Å². The van der Waals surface area contributed by atoms with Crippen LogP contribution in [0.2, 0.25) is 0 Å². The van der Waals surface area contributed by atoms with Crippen LogP contribution in [-0.2, 0) is 11.3 Å². The number of hydrogen-bond donors (Lipinski definition) is 2. The van der Waals surface area contributed by atoms with Crippen molar-refractivity contribution in [3.63, 3.8) is 0 Å². The first-order valence-electron chi connectivity index (χ1n) is 11.5. The van der Waals surface area contributed by atoms with Crippen molar-refractivity contribution in [2.45, 2.75) is 19.4 Å². The molecule has 0 spiro atoms. The average Bonchev–Trinajstić information content (AvgIpc) is 3.54. The molecule has 2 amide bonds. The molecular formula is C25H23N7O2S2. The van der Waals surface area contributed by atoms with Crippen molar-refractivity contribution in [2.24, 2.45) is 5.92 Å². The van der Waals surface area contributed by atoms with Crippen LogP contribution in [0.5, 0.6) is 0 Å². The number of piperidine rings is 1. The highest BCUT2D eigenvalue weighted by atomic mass is 32.2. The lowest BCUT2D eigenvalue weighted by molar-refractivity contribution is -0.115. The number of rotatable bonds is 7. The molecule has 0 radical (unpaired) electrons. The number of nitrogens with one attached hydrogen (secondary N) is 2. The van der Waals surface area contributed by atoms with E-state index < -0.39 is 5.91 Å². The van der Waals surface area contributed by atoms with Gasteiger partial charge in [0, 0.05) is 43.0 Å². The summed E-state index contributed by atoms with van der Waals surface area (Å²) in [4.78, 5) is 39.2. The molecule has 182 valence electrons. The number of amides is 2. The highest BCUT2D eigenvalue weighted by Gasteiger charge is 2.25. The second-order valence-corrected chi connectivity index (χ2v) is 10.4. The summed E-state index contributed by atoms with van der Waals surface area (Å²) in [7, 11) is 0. The Kier molecular flexibility index (Phi) is 7.36. The van der Waals surface area contributed by atoms with E-state index >= 15 is 0 Å². The van der Waals surface area contributed by atoms with Crippen molar-refractivity contribution < 1.29 is 9.59 Å². The minimum absolute atomic E-state index is 0.340. The molecule has 5 rings (SSSR count). The van der Waals surface area contributed by atoms with Gasteiger partial charge in [-0.2, -0.15) is 16.6 Å². The van der Waals surface area contributed by atoms with E-state index in [1.807, 2.05) is 29.1 Å². The molecule has 2 N–H and O–H groups in total. The summed E-state index contributed by atoms with van der Waals surface area (Å²) in [5.74, 6) is 0.771. The molecule has 2 aliphatic heterocycles. The fourth-order valence-electron chi connectivity index (χ4n) is 4.23. The van der Waals surface area contributed by atoms with Crippen molar-refractivity contribution in [1.29, 1.82) is 5.26 Å². The van der Waals surface area contributed by atoms with Gasteiger partial charge >= 0.3 is 0 Å². The van der Waals surface area contributed by atoms with Crippen LogP contribution in [0.1, 0.15) is 29.7 Å². The van der Waals surface area contributed by atoms with E-state index in [9.17, 15) is 14.9 Å². The standard InChI is InChI=1S/C25H23N7O2S2/c26-11-19-9-17(14-29-22(19)18-4-8-35-15-18)13-27-12-16-2-6-32(7-3-16)24-28-5-1-20(30-24)10-21-23(33)31-25(34)36-21/h1,4-5,8-10,14-16,27H,2-3,6-7,12-13H2,(H,31,33,34). The predicted molar refractivity (Wildman–Crippen MR) is 140 cm³/mol. The SMILES string of the molecule is N#Cc1cc(CNCC2CCN(c3nccc(C=C4SC(=O)NC4=O)n3)CC2)cnc1-c1ccsc1. The zero-order valence-corrected chi connectivity index (χ0v) is 20.9. The molecule has 36 heavy (non-hydrogen) atoms. The number of carbonyl (C=O) groups is 2. The molecule has 11 heteroatoms. The van der Waals surface area contributed by atoms with Crippen LogP contribution in [0, 0.1) is 17.2 Å². The summed E-state index contributed by atoms with van der Waals surface area (Å²) in [6.45, 7) is 3.24. The van der Waals surface area contributed by atoms with E-state index in [0.717, 1.165) is 61.1 Å². The molecule has 0 unspecified atom stereocenters. The molecule has 2 fully saturated rings. The number of nitrogens with zero attached hydrogens (tertiary/aromatic N) is 5. The fraction of sp³-hybridized carbons (Fsp3) is 0.280. The van der Waals surface area contributed by atoms with Gasteiger partial charge < -0.3 is 10.2 Å². The minimum atomic E-state index is -0.392. The van der Waals surface area contributed by atoms with Gasteiger partial charge in [0.1, 0.15) is 6.07 Å². The van der Waals surface area contributed by atoms with E-state index in [1.165, 1.54) is 0 Å². The Hall–Kier alpha value is -3.59. The first kappa shape index (κ1) is 24.1. The number of aromatic nitrogens is 3. The largest absolute Gasteiger partial charge is 0.341 e. The Bertz CT molecular complexity index is 1340. The predicted octanol–water partition coefficient (Wildman–Crippen LogP) is 3.80. The van der Waals surface area contributed by atoms with E-state index in [-0.39, 0.29) is 5.24 Å². The second kappa shape index (κ2) is 11.0. The van der Waals surface area contributed by atoms with Gasteiger partial charge in [-0.1, -0.05) is 0 Å². The third-order valence-corrected chi connectivity index (χ3v) is 7.60. The molecule has 9 nitrogen and oxygen atoms in total. The summed E-state index contributed by atoms with van der Waals surface area (Å²) in [5.41, 5.74) is 3.91. The number of hydrogen-bond acceptors (Lipinski definition) is 10. The Balaban J connectivity index is 1.12. The molecular weight excluding hydrogens is 494 g/mol. The molecule has 3 aromatic heterocycles. The molecule has 0 bridgehead atoms. The van der Waals surface area contributed by atoms with Crippen LogP contribution in [0.3, 0.4) is 0 Å². The Morgan fingerprint density at radius 2 is 2.11 bits per heavy atom. The molecule has 5 heterocycles. The molecule has 2 saturated heterocycles. The monoisotopic (exact) mass is 517 g/mol. The van der Waals surface area contributed by atoms with Gasteiger partial charge in [0.15, 0.2) is 0 Å². The maximum atomic E-state index is 11.8. The maximum absolute atomic E-state index is 11.8. The van der Waals surface area contributed by atoms with E-state index in [0.29, 0.717) is 34.6 Å². The average molecular weight is 518 g/mol. The second-order valence-electron chi connectivity index (χ2n) is 8.56. The third kappa shape index (κ3) is 5.62. The summed E-state index contributed by atoms with van der Waals surface area (Å²) < 4.78 is 0. The Morgan fingerprint density at radius 3 is 2.83 bits per heavy atom. The lowest BCUT2D eigenvalue weighted by Crippen LogP contribution is -2.38. The minimum Gasteiger partial charge on any atom is -0.341 e. The van der Waals surface area contributed by atoms with Gasteiger partial charge in [0.25, 0.3) is 11.1 Å². The van der Waals surface area contributed by atoms with Crippen LogP contribution in [0.15, 0.2) is 46.3 Å². The fourth-order valence-corrected chi connectivity index (χ4v) is 5.53. The van der Waals surface area contributed by atoms with Gasteiger partial charge in [-0.3, -0.25) is 19.9 Å². The summed E-state index contributed by atoms with van der Waals surface area (Å²) in [5, 5.41) is 18.9. The number of carbonyl (C=O) groups excluding carboxylic acids is 2. The van der Waals surface area contributed by atoms with Crippen molar-refractivity contribution in [3.8, 4) is 17.3 Å². The van der Waals surface area contributed by atoms with Crippen LogP contribution >= 0.6 is 23.1 Å². The maximum Gasteiger partial charge on any atom is 0.290 e. The quantitative estimate of drug-likeness (QED) is 0.450. The van der Waals surface area contributed by atoms with Gasteiger partial charge in [-0.25, -0.2) is 9.97 Å². The smallest absolute Gasteiger partial charge is 0.290 e.